The number of rotatable bonds is 7. The summed E-state index contributed by atoms with van der Waals surface area (Å²) in [4.78, 5) is 69.9. The van der Waals surface area contributed by atoms with Crippen LogP contribution < -0.4 is 10.1 Å². The number of esters is 1. The summed E-state index contributed by atoms with van der Waals surface area (Å²) < 4.78 is 18.0. The fourth-order valence-corrected chi connectivity index (χ4v) is 6.31. The third-order valence-electron chi connectivity index (χ3n) is 9.34. The molecule has 57 heavy (non-hydrogen) atoms. The van der Waals surface area contributed by atoms with Gasteiger partial charge in [0.05, 0.1) is 35.1 Å². The van der Waals surface area contributed by atoms with Crippen molar-refractivity contribution in [2.75, 3.05) is 13.7 Å². The van der Waals surface area contributed by atoms with Crippen molar-refractivity contribution in [3.63, 3.8) is 0 Å². The molecule has 1 aliphatic rings. The molecule has 310 valence electrons. The Morgan fingerprint density at radius 1 is 1.02 bits per heavy atom. The zero-order valence-electron chi connectivity index (χ0n) is 34.5. The van der Waals surface area contributed by atoms with Crippen LogP contribution in [-0.2, 0) is 19.1 Å². The van der Waals surface area contributed by atoms with E-state index in [1.165, 1.54) is 20.0 Å². The number of ketones is 2. The van der Waals surface area contributed by atoms with Crippen molar-refractivity contribution in [3.8, 4) is 11.5 Å². The third kappa shape index (κ3) is 14.0. The molecular formula is C44H58N2O11. The minimum Gasteiger partial charge on any atom is -0.507 e. The number of amides is 1. The van der Waals surface area contributed by atoms with Crippen LogP contribution in [0.3, 0.4) is 0 Å². The van der Waals surface area contributed by atoms with Gasteiger partial charge in [0, 0.05) is 49.1 Å². The van der Waals surface area contributed by atoms with Crippen molar-refractivity contribution in [1.29, 1.82) is 0 Å². The fourth-order valence-electron chi connectivity index (χ4n) is 6.31. The van der Waals surface area contributed by atoms with Gasteiger partial charge in [0.25, 0.3) is 5.91 Å². The molecule has 1 amide bonds. The first-order valence-electron chi connectivity index (χ1n) is 19.0. The highest BCUT2D eigenvalue weighted by atomic mass is 16.6. The minimum atomic E-state index is -1.48. The average Bonchev–Trinajstić information content (AvgIpc) is 3.17. The molecule has 3 unspecified atom stereocenters. The van der Waals surface area contributed by atoms with Crippen LogP contribution in [0.1, 0.15) is 116 Å². The summed E-state index contributed by atoms with van der Waals surface area (Å²) in [6.07, 6.45) is 13.5. The van der Waals surface area contributed by atoms with Gasteiger partial charge in [0.1, 0.15) is 23.9 Å². The van der Waals surface area contributed by atoms with Crippen molar-refractivity contribution in [2.45, 2.75) is 105 Å². The molecule has 0 saturated carbocycles. The summed E-state index contributed by atoms with van der Waals surface area (Å²) in [5.74, 6) is -4.62. The maximum Gasteiger partial charge on any atom is 0.339 e. The molecular weight excluding hydrogens is 732 g/mol. The molecule has 0 spiro atoms. The Morgan fingerprint density at radius 2 is 1.72 bits per heavy atom. The van der Waals surface area contributed by atoms with Gasteiger partial charge in [-0.3, -0.25) is 24.2 Å². The van der Waals surface area contributed by atoms with E-state index in [0.717, 1.165) is 13.2 Å². The number of aromatic hydroxyl groups is 1. The standard InChI is InChI=1S/C43H54N2O10.CH4O/c1-9-53-40-30(6)38(48)37-29(5)36(40)33(47)18-11-10-12-19-34(54-42(51)31-17-14-23-44-25-31)28(4)35(55-43(7,8)52)21-20-26(2)15-13-16-27(3)41(50)45-32(22-24-46)39(37)49;1-2/h10-11,13-17,22-26,28,34-35,48,52H,9,12,18-21H2,1-8H3,(H,45,50);2H,1H3/b11-10+,15-13+,27-16-,32-22+;/t26?,28-,34?,35?;/m0./s1. The number of carbonyl (C=O) groups is 5. The second-order valence-corrected chi connectivity index (χ2v) is 14.2. The molecule has 1 aromatic heterocycles. The second-order valence-electron chi connectivity index (χ2n) is 14.2. The molecule has 0 saturated heterocycles. The van der Waals surface area contributed by atoms with Crippen LogP contribution in [0.25, 0.3) is 0 Å². The van der Waals surface area contributed by atoms with Gasteiger partial charge in [-0.15, -0.1) is 0 Å². The monoisotopic (exact) mass is 790 g/mol. The number of nitrogens with one attached hydrogen (secondary N) is 1. The highest BCUT2D eigenvalue weighted by molar-refractivity contribution is 6.17. The van der Waals surface area contributed by atoms with Crippen LogP contribution in [-0.4, -0.2) is 81.7 Å². The van der Waals surface area contributed by atoms with Crippen LogP contribution >= 0.6 is 0 Å². The number of fused-ring (bicyclic) bond motifs is 2. The summed E-state index contributed by atoms with van der Waals surface area (Å²) in [5.41, 5.74) is 0.248. The lowest BCUT2D eigenvalue weighted by atomic mass is 9.89. The number of Topliss-reactive ketones (excluding diaryl/α,β-unsaturated/α-hetero) is 2. The highest BCUT2D eigenvalue weighted by Crippen LogP contribution is 2.40. The molecule has 3 rings (SSSR count). The molecule has 13 heteroatoms. The molecule has 2 heterocycles. The van der Waals surface area contributed by atoms with E-state index in [-0.39, 0.29) is 69.7 Å². The maximum absolute atomic E-state index is 13.9. The Balaban J connectivity index is 0.00000551. The SMILES string of the molecule is CCOc1c(C)c(O)c2c(C)c1C(=O)C/C=C/CCC(OC(=O)c1cccnc1)[C@H](C)C(OC(C)(C)O)CCC(C)/C=C/C=C(/C)C(=O)N/C(=C/C=O)C2=O.CO. The molecule has 4 atom stereocenters. The lowest BCUT2D eigenvalue weighted by Crippen LogP contribution is -2.40. The number of hydrogen-bond donors (Lipinski definition) is 4. The van der Waals surface area contributed by atoms with E-state index in [1.54, 1.807) is 70.3 Å². The topological polar surface area (TPSA) is 199 Å². The van der Waals surface area contributed by atoms with Crippen molar-refractivity contribution in [1.82, 2.24) is 10.3 Å². The zero-order chi connectivity index (χ0) is 42.9. The van der Waals surface area contributed by atoms with Crippen LogP contribution in [0.2, 0.25) is 0 Å². The van der Waals surface area contributed by atoms with Gasteiger partial charge in [0.2, 0.25) is 5.78 Å². The van der Waals surface area contributed by atoms with Crippen LogP contribution in [0.15, 0.2) is 72.3 Å². The van der Waals surface area contributed by atoms with Gasteiger partial charge < -0.3 is 34.8 Å². The van der Waals surface area contributed by atoms with Gasteiger partial charge in [-0.05, 0) is 90.8 Å². The van der Waals surface area contributed by atoms with Crippen LogP contribution in [0.5, 0.6) is 11.5 Å². The van der Waals surface area contributed by atoms with Gasteiger partial charge >= 0.3 is 5.97 Å². The Hall–Kier alpha value is -5.24. The number of phenolic OH excluding ortho intramolecular Hbond substituents is 1. The fraction of sp³-hybridized carbons (Fsp3) is 0.455. The number of hydrogen-bond acceptors (Lipinski definition) is 12. The van der Waals surface area contributed by atoms with Gasteiger partial charge in [-0.25, -0.2) is 4.79 Å². The van der Waals surface area contributed by atoms with E-state index in [1.807, 2.05) is 19.9 Å². The zero-order valence-corrected chi connectivity index (χ0v) is 34.5. The summed E-state index contributed by atoms with van der Waals surface area (Å²) >= 11 is 0. The molecule has 2 aromatic rings. The number of nitrogens with zero attached hydrogens (tertiary/aromatic N) is 1. The number of phenols is 1. The molecule has 1 aliphatic heterocycles. The van der Waals surface area contributed by atoms with Crippen molar-refractivity contribution < 1.29 is 53.5 Å². The largest absolute Gasteiger partial charge is 0.507 e. The van der Waals surface area contributed by atoms with E-state index in [4.69, 9.17) is 19.3 Å². The summed E-state index contributed by atoms with van der Waals surface area (Å²) in [6.45, 7) is 13.4. The Bertz CT molecular complexity index is 1840. The number of aliphatic hydroxyl groups excluding tert-OH is 1. The van der Waals surface area contributed by atoms with Gasteiger partial charge in [-0.1, -0.05) is 44.2 Å². The molecule has 2 bridgehead atoms. The number of pyridine rings is 1. The third-order valence-corrected chi connectivity index (χ3v) is 9.34. The Kier molecular flexibility index (Phi) is 19.4. The number of aldehydes is 1. The average molecular weight is 791 g/mol. The number of allylic oxidation sites excluding steroid dienone is 7. The van der Waals surface area contributed by atoms with E-state index in [2.05, 4.69) is 10.3 Å². The number of aromatic nitrogens is 1. The van der Waals surface area contributed by atoms with E-state index in [0.29, 0.717) is 32.0 Å². The molecule has 0 fully saturated rings. The second kappa shape index (κ2) is 23.1. The van der Waals surface area contributed by atoms with E-state index < -0.39 is 47.2 Å². The van der Waals surface area contributed by atoms with Gasteiger partial charge in [-0.2, -0.15) is 0 Å². The number of ether oxygens (including phenoxy) is 3. The maximum atomic E-state index is 13.9. The molecule has 13 nitrogen and oxygen atoms in total. The summed E-state index contributed by atoms with van der Waals surface area (Å²) in [7, 11) is 1.00. The Labute approximate surface area is 335 Å². The number of aliphatic hydroxyl groups is 2. The quantitative estimate of drug-likeness (QED) is 0.0771. The smallest absolute Gasteiger partial charge is 0.339 e. The van der Waals surface area contributed by atoms with Gasteiger partial charge in [0.15, 0.2) is 11.6 Å². The number of benzene rings is 1. The molecule has 0 aliphatic carbocycles. The predicted octanol–water partition coefficient (Wildman–Crippen LogP) is 6.61. The van der Waals surface area contributed by atoms with Crippen molar-refractivity contribution in [3.05, 3.63) is 100 Å². The predicted molar refractivity (Wildman–Crippen MR) is 216 cm³/mol. The van der Waals surface area contributed by atoms with Crippen molar-refractivity contribution in [2.24, 2.45) is 11.8 Å². The Morgan fingerprint density at radius 3 is 2.33 bits per heavy atom. The van der Waals surface area contributed by atoms with E-state index >= 15 is 0 Å². The van der Waals surface area contributed by atoms with Crippen molar-refractivity contribution >= 4 is 29.7 Å². The first-order chi connectivity index (χ1) is 27.0. The van der Waals surface area contributed by atoms with Crippen LogP contribution in [0, 0.1) is 25.7 Å². The molecule has 4 N–H and O–H groups in total. The number of carbonyl (C=O) groups excluding carboxylic acids is 5. The lowest BCUT2D eigenvalue weighted by Gasteiger charge is -2.35. The summed E-state index contributed by atoms with van der Waals surface area (Å²) in [5, 5.41) is 31.4. The summed E-state index contributed by atoms with van der Waals surface area (Å²) in [6, 6.07) is 3.26. The molecule has 0 radical (unpaired) electrons. The normalized spacial score (nSPS) is 23.2. The first kappa shape index (κ1) is 47.9. The minimum absolute atomic E-state index is 0.000770. The highest BCUT2D eigenvalue weighted by Gasteiger charge is 2.33. The van der Waals surface area contributed by atoms with Crippen LogP contribution in [0.4, 0.5) is 0 Å². The first-order valence-corrected chi connectivity index (χ1v) is 19.0. The molecule has 1 aromatic carbocycles. The van der Waals surface area contributed by atoms with E-state index in [9.17, 15) is 34.2 Å². The lowest BCUT2D eigenvalue weighted by molar-refractivity contribution is -0.224.